The second-order valence-corrected chi connectivity index (χ2v) is 7.23. The van der Waals surface area contributed by atoms with Gasteiger partial charge in [-0.05, 0) is 23.1 Å². The minimum atomic E-state index is -4.66. The van der Waals surface area contributed by atoms with Gasteiger partial charge in [0.15, 0.2) is 0 Å². The van der Waals surface area contributed by atoms with Crippen LogP contribution in [0.3, 0.4) is 0 Å². The Labute approximate surface area is 155 Å². The Kier molecular flexibility index (Phi) is 5.39. The lowest BCUT2D eigenvalue weighted by Gasteiger charge is -2.20. The molecule has 0 amide bonds. The Morgan fingerprint density at radius 1 is 1.04 bits per heavy atom. The van der Waals surface area contributed by atoms with Gasteiger partial charge in [-0.2, -0.15) is 18.4 Å². The topological polar surface area (TPSA) is 44.0 Å². The maximum Gasteiger partial charge on any atom is 0.417 e. The van der Waals surface area contributed by atoms with E-state index in [1.807, 2.05) is 20.8 Å². The summed E-state index contributed by atoms with van der Waals surface area (Å²) in [5.41, 5.74) is -0.911. The highest BCUT2D eigenvalue weighted by atomic mass is 35.5. The molecule has 0 saturated carbocycles. The van der Waals surface area contributed by atoms with E-state index in [1.54, 1.807) is 18.2 Å². The van der Waals surface area contributed by atoms with Crippen LogP contribution in [0.25, 0.3) is 11.3 Å². The van der Waals surface area contributed by atoms with Crippen LogP contribution in [0.15, 0.2) is 42.5 Å². The van der Waals surface area contributed by atoms with Gasteiger partial charge in [0.2, 0.25) is 0 Å². The van der Waals surface area contributed by atoms with E-state index < -0.39 is 23.1 Å². The van der Waals surface area contributed by atoms with E-state index in [0.29, 0.717) is 0 Å². The third-order valence-corrected chi connectivity index (χ3v) is 4.25. The van der Waals surface area contributed by atoms with Crippen molar-refractivity contribution in [3.63, 3.8) is 0 Å². The number of aliphatic hydroxyl groups is 1. The van der Waals surface area contributed by atoms with Gasteiger partial charge in [0, 0.05) is 16.1 Å². The molecule has 0 aliphatic heterocycles. The molecule has 2 nitrogen and oxygen atoms in total. The van der Waals surface area contributed by atoms with Crippen LogP contribution in [-0.4, -0.2) is 5.11 Å². The minimum absolute atomic E-state index is 0.177. The molecule has 2 aromatic carbocycles. The fourth-order valence-electron chi connectivity index (χ4n) is 2.50. The van der Waals surface area contributed by atoms with Crippen molar-refractivity contribution in [1.29, 1.82) is 5.26 Å². The summed E-state index contributed by atoms with van der Waals surface area (Å²) in [5.74, 6) is -0.758. The molecule has 0 spiro atoms. The summed E-state index contributed by atoms with van der Waals surface area (Å²) in [6.45, 7) is 5.95. The molecule has 0 radical (unpaired) electrons. The van der Waals surface area contributed by atoms with Crippen LogP contribution >= 0.6 is 11.6 Å². The maximum absolute atomic E-state index is 13.2. The molecule has 0 bridgehead atoms. The molecule has 0 unspecified atom stereocenters. The lowest BCUT2D eigenvalue weighted by Crippen LogP contribution is -2.11. The third kappa shape index (κ3) is 4.03. The second-order valence-electron chi connectivity index (χ2n) is 6.82. The molecule has 0 atom stereocenters. The zero-order chi connectivity index (χ0) is 19.7. The Bertz CT molecular complexity index is 902. The largest absolute Gasteiger partial charge is 0.506 e. The number of benzene rings is 2. The van der Waals surface area contributed by atoms with Crippen molar-refractivity contribution in [3.05, 3.63) is 69.7 Å². The van der Waals surface area contributed by atoms with Crippen LogP contribution in [-0.2, 0) is 11.6 Å². The average molecular weight is 380 g/mol. The van der Waals surface area contributed by atoms with E-state index in [-0.39, 0.29) is 21.6 Å². The summed E-state index contributed by atoms with van der Waals surface area (Å²) >= 11 is 6.25. The molecular weight excluding hydrogens is 363 g/mol. The summed E-state index contributed by atoms with van der Waals surface area (Å²) in [6.07, 6.45) is -4.66. The number of halogens is 4. The van der Waals surface area contributed by atoms with Crippen LogP contribution in [0.1, 0.15) is 43.0 Å². The number of nitrogens with zero attached hydrogens (tertiary/aromatic N) is 1. The number of hydrogen-bond acceptors (Lipinski definition) is 2. The minimum Gasteiger partial charge on any atom is -0.506 e. The number of aliphatic hydroxyl groups excluding tert-OH is 1. The highest BCUT2D eigenvalue weighted by Crippen LogP contribution is 2.38. The Balaban J connectivity index is 2.68. The van der Waals surface area contributed by atoms with Crippen LogP contribution in [0, 0.1) is 11.3 Å². The number of nitriles is 1. The lowest BCUT2D eigenvalue weighted by atomic mass is 9.86. The third-order valence-electron chi connectivity index (χ3n) is 3.94. The van der Waals surface area contributed by atoms with Crippen molar-refractivity contribution >= 4 is 22.9 Å². The van der Waals surface area contributed by atoms with Crippen molar-refractivity contribution in [2.75, 3.05) is 0 Å². The van der Waals surface area contributed by atoms with Crippen LogP contribution in [0.4, 0.5) is 13.2 Å². The van der Waals surface area contributed by atoms with E-state index in [2.05, 4.69) is 0 Å². The zero-order valence-electron chi connectivity index (χ0n) is 14.4. The van der Waals surface area contributed by atoms with Crippen molar-refractivity contribution in [2.24, 2.45) is 0 Å². The summed E-state index contributed by atoms with van der Waals surface area (Å²) in [4.78, 5) is 0. The smallest absolute Gasteiger partial charge is 0.417 e. The van der Waals surface area contributed by atoms with Crippen LogP contribution in [0.5, 0.6) is 0 Å². The molecule has 6 heteroatoms. The fraction of sp³-hybridized carbons (Fsp3) is 0.250. The number of allylic oxidation sites excluding steroid dienone is 1. The molecule has 1 N–H and O–H groups in total. The van der Waals surface area contributed by atoms with Gasteiger partial charge in [-0.25, -0.2) is 0 Å². The SMILES string of the molecule is CC(C)(C)c1ccc(C(C#N)=C(O)c2ccccc2C(F)(F)F)c(Cl)c1. The zero-order valence-corrected chi connectivity index (χ0v) is 15.2. The first-order valence-corrected chi connectivity index (χ1v) is 8.15. The first-order chi connectivity index (χ1) is 12.0. The maximum atomic E-state index is 13.2. The van der Waals surface area contributed by atoms with Gasteiger partial charge < -0.3 is 5.11 Å². The molecule has 0 aliphatic carbocycles. The molecule has 136 valence electrons. The molecule has 0 aromatic heterocycles. The Morgan fingerprint density at radius 2 is 1.65 bits per heavy atom. The quantitative estimate of drug-likeness (QED) is 0.362. The standard InChI is InChI=1S/C20H17ClF3NO/c1-19(2,3)12-8-9-13(17(21)10-12)15(11-25)18(26)14-6-4-5-7-16(14)20(22,23)24/h4-10,26H,1-3H3. The van der Waals surface area contributed by atoms with E-state index in [0.717, 1.165) is 17.7 Å². The molecule has 0 saturated heterocycles. The summed E-state index contributed by atoms with van der Waals surface area (Å²) < 4.78 is 39.6. The Morgan fingerprint density at radius 3 is 2.15 bits per heavy atom. The van der Waals surface area contributed by atoms with Gasteiger partial charge >= 0.3 is 6.18 Å². The number of alkyl halides is 3. The lowest BCUT2D eigenvalue weighted by molar-refractivity contribution is -0.137. The molecule has 0 fully saturated rings. The normalized spacial score (nSPS) is 13.2. The van der Waals surface area contributed by atoms with Gasteiger partial charge in [0.1, 0.15) is 17.4 Å². The van der Waals surface area contributed by atoms with Crippen LogP contribution < -0.4 is 0 Å². The van der Waals surface area contributed by atoms with Gasteiger partial charge in [0.25, 0.3) is 0 Å². The van der Waals surface area contributed by atoms with Gasteiger partial charge in [-0.3, -0.25) is 0 Å². The first kappa shape index (κ1) is 19.9. The van der Waals surface area contributed by atoms with Gasteiger partial charge in [0.05, 0.1) is 5.56 Å². The molecule has 2 aromatic rings. The monoisotopic (exact) mass is 379 g/mol. The molecule has 26 heavy (non-hydrogen) atoms. The highest BCUT2D eigenvalue weighted by molar-refractivity contribution is 6.33. The van der Waals surface area contributed by atoms with Crippen molar-refractivity contribution in [2.45, 2.75) is 32.4 Å². The fourth-order valence-corrected chi connectivity index (χ4v) is 2.77. The van der Waals surface area contributed by atoms with Crippen molar-refractivity contribution < 1.29 is 18.3 Å². The predicted molar refractivity (Wildman–Crippen MR) is 96.7 cm³/mol. The average Bonchev–Trinajstić information content (AvgIpc) is 2.55. The van der Waals surface area contributed by atoms with E-state index in [9.17, 15) is 23.5 Å². The second kappa shape index (κ2) is 7.05. The van der Waals surface area contributed by atoms with E-state index >= 15 is 0 Å². The number of hydrogen-bond donors (Lipinski definition) is 1. The molecular formula is C20H17ClF3NO. The predicted octanol–water partition coefficient (Wildman–Crippen LogP) is 6.61. The number of rotatable bonds is 2. The van der Waals surface area contributed by atoms with E-state index in [1.165, 1.54) is 18.2 Å². The summed E-state index contributed by atoms with van der Waals surface area (Å²) in [5, 5.41) is 20.1. The van der Waals surface area contributed by atoms with Crippen molar-refractivity contribution in [3.8, 4) is 6.07 Å². The Hall–Kier alpha value is -2.45. The summed E-state index contributed by atoms with van der Waals surface area (Å²) in [6, 6.07) is 11.2. The van der Waals surface area contributed by atoms with Gasteiger partial charge in [-0.1, -0.05) is 62.7 Å². The summed E-state index contributed by atoms with van der Waals surface area (Å²) in [7, 11) is 0. The van der Waals surface area contributed by atoms with Gasteiger partial charge in [-0.15, -0.1) is 0 Å². The molecule has 0 aliphatic rings. The first-order valence-electron chi connectivity index (χ1n) is 7.77. The highest BCUT2D eigenvalue weighted by Gasteiger charge is 2.34. The molecule has 2 rings (SSSR count). The van der Waals surface area contributed by atoms with E-state index in [4.69, 9.17) is 11.6 Å². The van der Waals surface area contributed by atoms with Crippen LogP contribution in [0.2, 0.25) is 5.02 Å². The van der Waals surface area contributed by atoms with Crippen molar-refractivity contribution in [1.82, 2.24) is 0 Å². The molecule has 0 heterocycles.